The van der Waals surface area contributed by atoms with Crippen molar-refractivity contribution < 1.29 is 14.3 Å². The molecule has 148 valence electrons. The zero-order valence-electron chi connectivity index (χ0n) is 17.3. The first-order valence-corrected chi connectivity index (χ1v) is 8.91. The summed E-state index contributed by atoms with van der Waals surface area (Å²) in [4.78, 5) is 14.3. The van der Waals surface area contributed by atoms with E-state index in [0.717, 1.165) is 24.5 Å². The zero-order chi connectivity index (χ0) is 19.9. The van der Waals surface area contributed by atoms with Gasteiger partial charge in [0.1, 0.15) is 11.4 Å². The van der Waals surface area contributed by atoms with Crippen LogP contribution in [0.3, 0.4) is 0 Å². The summed E-state index contributed by atoms with van der Waals surface area (Å²) in [6.45, 7) is 11.3. The highest BCUT2D eigenvalue weighted by molar-refractivity contribution is 5.90. The van der Waals surface area contributed by atoms with Crippen LogP contribution in [0.25, 0.3) is 0 Å². The molecule has 0 aliphatic carbocycles. The van der Waals surface area contributed by atoms with Crippen LogP contribution in [0.5, 0.6) is 5.75 Å². The number of nitrogens with one attached hydrogen (secondary N) is 3. The Morgan fingerprint density at radius 1 is 1.23 bits per heavy atom. The topological polar surface area (TPSA) is 74.9 Å². The SMILES string of the molecule is CNCCN(C)c1cc(OC)c(NC(=O)OC(C)(C)C)cc1NC(C)C. The first-order chi connectivity index (χ1) is 12.1. The Hall–Kier alpha value is -2.15. The Morgan fingerprint density at radius 3 is 2.38 bits per heavy atom. The molecule has 7 heteroatoms. The second kappa shape index (κ2) is 9.52. The third-order valence-electron chi connectivity index (χ3n) is 3.51. The molecule has 1 aromatic rings. The molecule has 7 nitrogen and oxygen atoms in total. The number of nitrogens with zero attached hydrogens (tertiary/aromatic N) is 1. The van der Waals surface area contributed by atoms with Gasteiger partial charge >= 0.3 is 6.09 Å². The minimum atomic E-state index is -0.566. The van der Waals surface area contributed by atoms with Crippen molar-refractivity contribution in [3.8, 4) is 5.75 Å². The predicted molar refractivity (Wildman–Crippen MR) is 109 cm³/mol. The Morgan fingerprint density at radius 2 is 1.88 bits per heavy atom. The Kier molecular flexibility index (Phi) is 8.02. The van der Waals surface area contributed by atoms with Crippen molar-refractivity contribution in [1.29, 1.82) is 0 Å². The maximum atomic E-state index is 12.2. The summed E-state index contributed by atoms with van der Waals surface area (Å²) in [5.41, 5.74) is 1.92. The highest BCUT2D eigenvalue weighted by Gasteiger charge is 2.20. The van der Waals surface area contributed by atoms with E-state index in [0.29, 0.717) is 11.4 Å². The number of rotatable bonds is 8. The Bertz CT molecular complexity index is 597. The van der Waals surface area contributed by atoms with Gasteiger partial charge in [0, 0.05) is 32.2 Å². The van der Waals surface area contributed by atoms with Crippen LogP contribution in [0, 0.1) is 0 Å². The molecule has 0 unspecified atom stereocenters. The van der Waals surface area contributed by atoms with E-state index in [1.807, 2.05) is 47.0 Å². The van der Waals surface area contributed by atoms with Gasteiger partial charge in [0.15, 0.2) is 0 Å². The van der Waals surface area contributed by atoms with Gasteiger partial charge in [0.05, 0.1) is 24.2 Å². The summed E-state index contributed by atoms with van der Waals surface area (Å²) in [5.74, 6) is 0.580. The zero-order valence-corrected chi connectivity index (χ0v) is 17.3. The van der Waals surface area contributed by atoms with Crippen LogP contribution in [0.4, 0.5) is 21.9 Å². The summed E-state index contributed by atoms with van der Waals surface area (Å²) >= 11 is 0. The molecule has 0 saturated heterocycles. The number of anilines is 3. The predicted octanol–water partition coefficient (Wildman–Crippen LogP) is 3.52. The molecule has 26 heavy (non-hydrogen) atoms. The van der Waals surface area contributed by atoms with Crippen LogP contribution in [-0.2, 0) is 4.74 Å². The highest BCUT2D eigenvalue weighted by Crippen LogP contribution is 2.37. The normalized spacial score (nSPS) is 11.3. The van der Waals surface area contributed by atoms with E-state index in [9.17, 15) is 4.79 Å². The highest BCUT2D eigenvalue weighted by atomic mass is 16.6. The fourth-order valence-corrected chi connectivity index (χ4v) is 2.39. The molecule has 0 bridgehead atoms. The fourth-order valence-electron chi connectivity index (χ4n) is 2.39. The van der Waals surface area contributed by atoms with Crippen LogP contribution in [0.15, 0.2) is 12.1 Å². The maximum absolute atomic E-state index is 12.2. The molecule has 0 aliphatic heterocycles. The molecule has 1 rings (SSSR count). The molecule has 0 spiro atoms. The molecule has 0 aromatic heterocycles. The lowest BCUT2D eigenvalue weighted by atomic mass is 10.1. The third kappa shape index (κ3) is 7.00. The van der Waals surface area contributed by atoms with Gasteiger partial charge in [-0.05, 0) is 47.7 Å². The van der Waals surface area contributed by atoms with Gasteiger partial charge in [-0.25, -0.2) is 4.79 Å². The number of ether oxygens (including phenoxy) is 2. The second-order valence-electron chi connectivity index (χ2n) is 7.52. The number of carbonyl (C=O) groups excluding carboxylic acids is 1. The largest absolute Gasteiger partial charge is 0.494 e. The molecule has 0 fully saturated rings. The van der Waals surface area contributed by atoms with Crippen molar-refractivity contribution in [2.24, 2.45) is 0 Å². The summed E-state index contributed by atoms with van der Waals surface area (Å²) < 4.78 is 10.8. The van der Waals surface area contributed by atoms with Gasteiger partial charge < -0.3 is 25.0 Å². The number of hydrogen-bond donors (Lipinski definition) is 3. The first kappa shape index (κ1) is 21.9. The number of likely N-dealkylation sites (N-methyl/N-ethyl adjacent to an activating group) is 2. The molecule has 0 saturated carbocycles. The van der Waals surface area contributed by atoms with Crippen LogP contribution < -0.4 is 25.6 Å². The maximum Gasteiger partial charge on any atom is 0.412 e. The van der Waals surface area contributed by atoms with E-state index < -0.39 is 11.7 Å². The van der Waals surface area contributed by atoms with Crippen molar-refractivity contribution in [1.82, 2.24) is 5.32 Å². The summed E-state index contributed by atoms with van der Waals surface area (Å²) in [6.07, 6.45) is -0.511. The van der Waals surface area contributed by atoms with Gasteiger partial charge in [0.2, 0.25) is 0 Å². The van der Waals surface area contributed by atoms with Gasteiger partial charge in [-0.1, -0.05) is 0 Å². The van der Waals surface area contributed by atoms with Crippen LogP contribution in [0.1, 0.15) is 34.6 Å². The Balaban J connectivity index is 3.20. The lowest BCUT2D eigenvalue weighted by molar-refractivity contribution is 0.0635. The first-order valence-electron chi connectivity index (χ1n) is 8.91. The molecular formula is C19H34N4O3. The monoisotopic (exact) mass is 366 g/mol. The lowest BCUT2D eigenvalue weighted by Crippen LogP contribution is -2.29. The van der Waals surface area contributed by atoms with Crippen molar-refractivity contribution in [3.05, 3.63) is 12.1 Å². The summed E-state index contributed by atoms with van der Waals surface area (Å²) in [6, 6.07) is 4.05. The standard InChI is InChI=1S/C19H34N4O3/c1-13(2)21-14-11-15(22-18(24)26-19(3,4)5)17(25-8)12-16(14)23(7)10-9-20-6/h11-13,20-21H,9-10H2,1-8H3,(H,22,24). The van der Waals surface area contributed by atoms with Crippen molar-refractivity contribution >= 4 is 23.2 Å². The third-order valence-corrected chi connectivity index (χ3v) is 3.51. The van der Waals surface area contributed by atoms with Gasteiger partial charge in [0.25, 0.3) is 0 Å². The van der Waals surface area contributed by atoms with Crippen LogP contribution in [0.2, 0.25) is 0 Å². The van der Waals surface area contributed by atoms with E-state index in [2.05, 4.69) is 34.7 Å². The minimum absolute atomic E-state index is 0.245. The second-order valence-corrected chi connectivity index (χ2v) is 7.52. The number of benzene rings is 1. The van der Waals surface area contributed by atoms with E-state index in [1.165, 1.54) is 0 Å². The lowest BCUT2D eigenvalue weighted by Gasteiger charge is -2.26. The van der Waals surface area contributed by atoms with Crippen molar-refractivity contribution in [2.75, 3.05) is 49.8 Å². The number of carbonyl (C=O) groups is 1. The number of hydrogen-bond acceptors (Lipinski definition) is 6. The molecule has 3 N–H and O–H groups in total. The molecule has 0 radical (unpaired) electrons. The van der Waals surface area contributed by atoms with E-state index in [1.54, 1.807) is 7.11 Å². The molecule has 0 heterocycles. The average Bonchev–Trinajstić information content (AvgIpc) is 2.50. The number of methoxy groups -OCH3 is 1. The van der Waals surface area contributed by atoms with Crippen LogP contribution >= 0.6 is 0 Å². The summed E-state index contributed by atoms with van der Waals surface area (Å²) in [5, 5.41) is 9.37. The summed E-state index contributed by atoms with van der Waals surface area (Å²) in [7, 11) is 5.54. The van der Waals surface area contributed by atoms with Crippen molar-refractivity contribution in [2.45, 2.75) is 46.3 Å². The van der Waals surface area contributed by atoms with Gasteiger partial charge in [-0.2, -0.15) is 0 Å². The molecule has 1 amide bonds. The Labute approximate surface area is 157 Å². The average molecular weight is 367 g/mol. The number of amides is 1. The van der Waals surface area contributed by atoms with E-state index in [4.69, 9.17) is 9.47 Å². The molecular weight excluding hydrogens is 332 g/mol. The fraction of sp³-hybridized carbons (Fsp3) is 0.632. The van der Waals surface area contributed by atoms with Crippen molar-refractivity contribution in [3.63, 3.8) is 0 Å². The van der Waals surface area contributed by atoms with Gasteiger partial charge in [-0.3, -0.25) is 5.32 Å². The van der Waals surface area contributed by atoms with E-state index >= 15 is 0 Å². The minimum Gasteiger partial charge on any atom is -0.494 e. The quantitative estimate of drug-likeness (QED) is 0.654. The molecule has 0 aliphatic rings. The smallest absolute Gasteiger partial charge is 0.412 e. The van der Waals surface area contributed by atoms with E-state index in [-0.39, 0.29) is 6.04 Å². The molecule has 0 atom stereocenters. The van der Waals surface area contributed by atoms with Gasteiger partial charge in [-0.15, -0.1) is 0 Å². The molecule has 1 aromatic carbocycles. The van der Waals surface area contributed by atoms with Crippen LogP contribution in [-0.4, -0.2) is 52.0 Å².